The summed E-state index contributed by atoms with van der Waals surface area (Å²) >= 11 is 0. The van der Waals surface area contributed by atoms with Gasteiger partial charge in [0.1, 0.15) is 0 Å². The molecule has 6 nitrogen and oxygen atoms in total. The predicted octanol–water partition coefficient (Wildman–Crippen LogP) is 1.85. The lowest BCUT2D eigenvalue weighted by Gasteiger charge is -2.35. The quantitative estimate of drug-likeness (QED) is 0.767. The fourth-order valence-corrected chi connectivity index (χ4v) is 4.20. The Labute approximate surface area is 157 Å². The van der Waals surface area contributed by atoms with Gasteiger partial charge in [0.05, 0.1) is 31.2 Å². The Balaban J connectivity index is 1.37. The zero-order valence-corrected chi connectivity index (χ0v) is 16.5. The van der Waals surface area contributed by atoms with Gasteiger partial charge in [-0.05, 0) is 37.8 Å². The molecule has 1 N–H and O–H groups in total. The average Bonchev–Trinajstić information content (AvgIpc) is 3.19. The van der Waals surface area contributed by atoms with E-state index in [2.05, 4.69) is 29.0 Å². The van der Waals surface area contributed by atoms with Crippen molar-refractivity contribution in [2.24, 2.45) is 24.8 Å². The highest BCUT2D eigenvalue weighted by Gasteiger charge is 2.41. The molecule has 2 aliphatic rings. The van der Waals surface area contributed by atoms with Crippen LogP contribution in [0.4, 0.5) is 0 Å². The number of carbonyl (C=O) groups is 1. The highest BCUT2D eigenvalue weighted by Crippen LogP contribution is 2.35. The summed E-state index contributed by atoms with van der Waals surface area (Å²) < 4.78 is 7.94. The van der Waals surface area contributed by atoms with Crippen molar-refractivity contribution in [3.05, 3.63) is 18.2 Å². The molecule has 26 heavy (non-hydrogen) atoms. The molecule has 0 bridgehead atoms. The van der Waals surface area contributed by atoms with Crippen LogP contribution in [0.1, 0.15) is 38.8 Å². The largest absolute Gasteiger partial charge is 0.377 e. The third-order valence-corrected chi connectivity index (χ3v) is 5.75. The molecule has 0 aliphatic carbocycles. The molecule has 0 unspecified atom stereocenters. The Hall–Kier alpha value is -1.40. The zero-order valence-electron chi connectivity index (χ0n) is 16.5. The molecule has 3 atom stereocenters. The SMILES string of the molecule is CC(C)CCN1CC[C@@H]2[C@@H](CO[C@H]2CC(=O)NCCc2cn(C)cn2)C1. The summed E-state index contributed by atoms with van der Waals surface area (Å²) in [5.41, 5.74) is 1.01. The van der Waals surface area contributed by atoms with E-state index < -0.39 is 0 Å². The van der Waals surface area contributed by atoms with Gasteiger partial charge >= 0.3 is 0 Å². The normalized spacial score (nSPS) is 26.2. The van der Waals surface area contributed by atoms with Gasteiger partial charge in [0.25, 0.3) is 0 Å². The summed E-state index contributed by atoms with van der Waals surface area (Å²) in [5.74, 6) is 2.01. The molecule has 0 saturated carbocycles. The van der Waals surface area contributed by atoms with E-state index in [1.54, 1.807) is 6.33 Å². The second-order valence-corrected chi connectivity index (χ2v) is 8.40. The molecule has 1 aromatic rings. The molecule has 146 valence electrons. The molecular weight excluding hydrogens is 328 g/mol. The maximum Gasteiger partial charge on any atom is 0.222 e. The zero-order chi connectivity index (χ0) is 18.5. The summed E-state index contributed by atoms with van der Waals surface area (Å²) in [6, 6.07) is 0. The van der Waals surface area contributed by atoms with Crippen LogP contribution in [0.5, 0.6) is 0 Å². The van der Waals surface area contributed by atoms with Crippen LogP contribution in [0.15, 0.2) is 12.5 Å². The van der Waals surface area contributed by atoms with E-state index in [-0.39, 0.29) is 12.0 Å². The van der Waals surface area contributed by atoms with Crippen LogP contribution in [0.2, 0.25) is 0 Å². The molecule has 1 amide bonds. The van der Waals surface area contributed by atoms with Crippen molar-refractivity contribution >= 4 is 5.91 Å². The Bertz CT molecular complexity index is 586. The first-order valence-electron chi connectivity index (χ1n) is 10.1. The molecule has 3 heterocycles. The van der Waals surface area contributed by atoms with Crippen molar-refractivity contribution in [3.63, 3.8) is 0 Å². The minimum atomic E-state index is 0.0992. The number of aromatic nitrogens is 2. The van der Waals surface area contributed by atoms with Gasteiger partial charge in [0, 0.05) is 38.7 Å². The van der Waals surface area contributed by atoms with Gasteiger partial charge in [0.2, 0.25) is 5.91 Å². The third kappa shape index (κ3) is 5.30. The monoisotopic (exact) mass is 362 g/mol. The van der Waals surface area contributed by atoms with Crippen molar-refractivity contribution in [2.45, 2.75) is 45.6 Å². The number of piperidine rings is 1. The lowest BCUT2D eigenvalue weighted by atomic mass is 9.83. The maximum atomic E-state index is 12.3. The van der Waals surface area contributed by atoms with E-state index in [1.165, 1.54) is 13.0 Å². The molecule has 0 radical (unpaired) electrons. The minimum Gasteiger partial charge on any atom is -0.377 e. The van der Waals surface area contributed by atoms with Crippen LogP contribution < -0.4 is 5.32 Å². The first kappa shape index (κ1) is 19.4. The first-order valence-corrected chi connectivity index (χ1v) is 10.1. The lowest BCUT2D eigenvalue weighted by molar-refractivity contribution is -0.123. The lowest BCUT2D eigenvalue weighted by Crippen LogP contribution is -2.42. The number of aryl methyl sites for hydroxylation is 1. The number of nitrogens with zero attached hydrogens (tertiary/aromatic N) is 3. The van der Waals surface area contributed by atoms with E-state index in [9.17, 15) is 4.79 Å². The first-order chi connectivity index (χ1) is 12.5. The van der Waals surface area contributed by atoms with E-state index in [0.717, 1.165) is 44.1 Å². The summed E-state index contributed by atoms with van der Waals surface area (Å²) in [6.07, 6.45) is 7.57. The van der Waals surface area contributed by atoms with Crippen LogP contribution in [0.3, 0.4) is 0 Å². The van der Waals surface area contributed by atoms with Crippen LogP contribution in [-0.4, -0.2) is 59.2 Å². The summed E-state index contributed by atoms with van der Waals surface area (Å²) in [6.45, 7) is 9.50. The predicted molar refractivity (Wildman–Crippen MR) is 102 cm³/mol. The van der Waals surface area contributed by atoms with Crippen LogP contribution >= 0.6 is 0 Å². The minimum absolute atomic E-state index is 0.0992. The van der Waals surface area contributed by atoms with Crippen molar-refractivity contribution in [1.82, 2.24) is 19.8 Å². The molecule has 0 spiro atoms. The fraction of sp³-hybridized carbons (Fsp3) is 0.800. The number of carbonyl (C=O) groups excluding carboxylic acids is 1. The van der Waals surface area contributed by atoms with Gasteiger partial charge in [-0.25, -0.2) is 4.98 Å². The van der Waals surface area contributed by atoms with Gasteiger partial charge in [-0.3, -0.25) is 4.79 Å². The average molecular weight is 363 g/mol. The maximum absolute atomic E-state index is 12.3. The third-order valence-electron chi connectivity index (χ3n) is 5.75. The Morgan fingerprint density at radius 3 is 3.04 bits per heavy atom. The molecule has 6 heteroatoms. The molecular formula is C20H34N4O2. The molecule has 2 aliphatic heterocycles. The second kappa shape index (κ2) is 9.00. The molecule has 1 aromatic heterocycles. The van der Waals surface area contributed by atoms with E-state index in [1.807, 2.05) is 17.8 Å². The standard InChI is InChI=1S/C20H34N4O2/c1-15(2)5-8-24-9-6-18-16(11-24)13-26-19(18)10-20(25)21-7-4-17-12-23(3)14-22-17/h12,14-16,18-19H,4-11,13H2,1-3H3,(H,21,25)/t16-,18-,19+/m1/s1. The fourth-order valence-electron chi connectivity index (χ4n) is 4.20. The Morgan fingerprint density at radius 1 is 1.46 bits per heavy atom. The molecule has 0 aromatic carbocycles. The number of likely N-dealkylation sites (tertiary alicyclic amines) is 1. The smallest absolute Gasteiger partial charge is 0.222 e. The van der Waals surface area contributed by atoms with Gasteiger partial charge < -0.3 is 19.5 Å². The van der Waals surface area contributed by atoms with Gasteiger partial charge in [-0.1, -0.05) is 13.8 Å². The van der Waals surface area contributed by atoms with E-state index >= 15 is 0 Å². The Kier molecular flexibility index (Phi) is 6.70. The topological polar surface area (TPSA) is 59.4 Å². The summed E-state index contributed by atoms with van der Waals surface area (Å²) in [4.78, 5) is 19.2. The van der Waals surface area contributed by atoms with Crippen LogP contribution in [-0.2, 0) is 23.0 Å². The van der Waals surface area contributed by atoms with Crippen molar-refractivity contribution in [2.75, 3.05) is 32.8 Å². The number of imidazole rings is 1. The van der Waals surface area contributed by atoms with E-state index in [0.29, 0.717) is 24.8 Å². The van der Waals surface area contributed by atoms with Gasteiger partial charge in [-0.2, -0.15) is 0 Å². The highest BCUT2D eigenvalue weighted by molar-refractivity contribution is 5.76. The summed E-state index contributed by atoms with van der Waals surface area (Å²) in [5, 5.41) is 3.03. The number of rotatable bonds is 8. The number of nitrogens with one attached hydrogen (secondary N) is 1. The second-order valence-electron chi connectivity index (χ2n) is 8.40. The molecule has 2 saturated heterocycles. The number of amides is 1. The number of fused-ring (bicyclic) bond motifs is 1. The van der Waals surface area contributed by atoms with Crippen molar-refractivity contribution < 1.29 is 9.53 Å². The molecule has 3 rings (SSSR count). The summed E-state index contributed by atoms with van der Waals surface area (Å²) in [7, 11) is 1.96. The van der Waals surface area contributed by atoms with Gasteiger partial charge in [0.15, 0.2) is 0 Å². The highest BCUT2D eigenvalue weighted by atomic mass is 16.5. The van der Waals surface area contributed by atoms with Gasteiger partial charge in [-0.15, -0.1) is 0 Å². The molecule has 2 fully saturated rings. The number of ether oxygens (including phenoxy) is 1. The number of hydrogen-bond donors (Lipinski definition) is 1. The van der Waals surface area contributed by atoms with Crippen LogP contribution in [0.25, 0.3) is 0 Å². The number of hydrogen-bond acceptors (Lipinski definition) is 4. The van der Waals surface area contributed by atoms with Crippen molar-refractivity contribution in [3.8, 4) is 0 Å². The van der Waals surface area contributed by atoms with Crippen LogP contribution in [0, 0.1) is 17.8 Å². The van der Waals surface area contributed by atoms with Crippen molar-refractivity contribution in [1.29, 1.82) is 0 Å². The Morgan fingerprint density at radius 2 is 2.31 bits per heavy atom. The van der Waals surface area contributed by atoms with E-state index in [4.69, 9.17) is 4.74 Å².